The van der Waals surface area contributed by atoms with Crippen molar-refractivity contribution in [1.82, 2.24) is 10.6 Å². The lowest BCUT2D eigenvalue weighted by Gasteiger charge is -2.66. The van der Waals surface area contributed by atoms with Gasteiger partial charge < -0.3 is 56.8 Å². The van der Waals surface area contributed by atoms with Crippen molar-refractivity contribution < 1.29 is 45.3 Å². The van der Waals surface area contributed by atoms with Crippen molar-refractivity contribution in [3.63, 3.8) is 0 Å². The van der Waals surface area contributed by atoms with Crippen LogP contribution in [0.15, 0.2) is 47.3 Å². The largest absolute Gasteiger partial charge is 0.393 e. The van der Waals surface area contributed by atoms with Crippen LogP contribution in [0.3, 0.4) is 0 Å². The van der Waals surface area contributed by atoms with Crippen LogP contribution in [0.1, 0.15) is 143 Å². The lowest BCUT2D eigenvalue weighted by Crippen LogP contribution is -2.71. The maximum atomic E-state index is 15.6. The standard InChI is InChI=1S/C53H81N3O9/c1-4-8-30-12-17-35-40(18-13-30)65-48-43(35)37(58)11-7-21-53(48,64)49(3,62)41-20-22-52(63)45-44-32(25-51(41,52)34-9-5-6-10-34)15-14-31(33-16-19-42(54)55-28-33)24-50(44)26-39(60)38(59)23-36(50)47(61)46(45)56-27-29(2)57/h14-16,19,28-32,34-44,48,55-60,62-64H,4-13,17-18,20-27,54H2,1-3H3/t29-,30+,31+,32+,35+,36-,37-,38+,39-,40+,41+,42?,43+,44-,48+,49+,50-,51-,52+,53+/m0/s1. The van der Waals surface area contributed by atoms with Crippen molar-refractivity contribution >= 4 is 5.78 Å². The fourth-order valence-corrected chi connectivity index (χ4v) is 17.8. The number of aliphatic hydroxyl groups is 7. The number of aliphatic hydroxyl groups excluding tert-OH is 4. The number of ketones is 1. The Hall–Kier alpha value is -2.13. The van der Waals surface area contributed by atoms with E-state index in [4.69, 9.17) is 10.5 Å². The molecule has 2 heterocycles. The molecule has 0 radical (unpaired) electrons. The molecular weight excluding hydrogens is 823 g/mol. The van der Waals surface area contributed by atoms with E-state index in [9.17, 15) is 35.7 Å². The first-order valence-electron chi connectivity index (χ1n) is 26.2. The molecule has 20 atom stereocenters. The molecule has 2 aliphatic heterocycles. The second-order valence-corrected chi connectivity index (χ2v) is 23.6. The number of carbonyl (C=O) groups is 1. The van der Waals surface area contributed by atoms with Gasteiger partial charge in [-0.2, -0.15) is 0 Å². The van der Waals surface area contributed by atoms with Crippen molar-refractivity contribution in [2.75, 3.05) is 6.54 Å². The Bertz CT molecular complexity index is 1940. The molecule has 0 aromatic carbocycles. The molecule has 65 heavy (non-hydrogen) atoms. The van der Waals surface area contributed by atoms with Crippen molar-refractivity contribution in [2.45, 2.75) is 202 Å². The first kappa shape index (κ1) is 46.6. The zero-order chi connectivity index (χ0) is 45.8. The van der Waals surface area contributed by atoms with Gasteiger partial charge in [0.25, 0.3) is 0 Å². The highest BCUT2D eigenvalue weighted by Gasteiger charge is 2.78. The molecule has 12 heteroatoms. The van der Waals surface area contributed by atoms with Crippen LogP contribution in [0.25, 0.3) is 0 Å². The van der Waals surface area contributed by atoms with Gasteiger partial charge in [-0.25, -0.2) is 0 Å². The molecule has 10 aliphatic rings. The molecule has 12 nitrogen and oxygen atoms in total. The predicted octanol–water partition coefficient (Wildman–Crippen LogP) is 4.79. The Labute approximate surface area is 386 Å². The van der Waals surface area contributed by atoms with E-state index in [-0.39, 0.29) is 85.8 Å². The summed E-state index contributed by atoms with van der Waals surface area (Å²) in [5.41, 5.74) is 1.32. The first-order chi connectivity index (χ1) is 31.0. The minimum absolute atomic E-state index is 0.0236. The Balaban J connectivity index is 1.14. The van der Waals surface area contributed by atoms with E-state index in [0.29, 0.717) is 49.3 Å². The van der Waals surface area contributed by atoms with E-state index in [1.807, 2.05) is 25.3 Å². The van der Waals surface area contributed by atoms with E-state index in [1.54, 1.807) is 6.92 Å². The lowest BCUT2D eigenvalue weighted by molar-refractivity contribution is -0.265. The number of fused-ring (bicyclic) bond motifs is 5. The molecule has 11 N–H and O–H groups in total. The molecular formula is C53H81N3O9. The Kier molecular flexibility index (Phi) is 12.2. The SMILES string of the molecule is CCC[C@@H]1CC[C@H]2[C@H]3[C@@H](O[C@@H]2CC1)[C@@](O)([C@](C)(O)[C@H]1CC[C@@]2(O)C4=C(NC[C@H](C)O)C(=O)[C@@H]5C[C@@H](O)[C@@H](O)C[C@@]56C[C@H](C5=CNC(N)C=C5)C=C[C@H](C[C@]12C1CCCC1)[C@@H]46)CCC[C@@H]3O. The number of hydrogen-bond acceptors (Lipinski definition) is 12. The highest BCUT2D eigenvalue weighted by molar-refractivity contribution is 6.00. The molecule has 6 saturated carbocycles. The van der Waals surface area contributed by atoms with Gasteiger partial charge in [0.2, 0.25) is 0 Å². The van der Waals surface area contributed by atoms with E-state index in [1.165, 1.54) is 6.42 Å². The summed E-state index contributed by atoms with van der Waals surface area (Å²) in [5, 5.41) is 94.7. The van der Waals surface area contributed by atoms with Crippen LogP contribution >= 0.6 is 0 Å². The maximum Gasteiger partial charge on any atom is 0.182 e. The second-order valence-electron chi connectivity index (χ2n) is 23.6. The summed E-state index contributed by atoms with van der Waals surface area (Å²) in [6, 6.07) is 0. The molecule has 362 valence electrons. The highest BCUT2D eigenvalue weighted by atomic mass is 16.5. The molecule has 7 fully saturated rings. The van der Waals surface area contributed by atoms with Gasteiger partial charge in [0.05, 0.1) is 59.7 Å². The fourth-order valence-electron chi connectivity index (χ4n) is 17.8. The van der Waals surface area contributed by atoms with E-state index < -0.39 is 70.0 Å². The number of dihydropyridines is 1. The van der Waals surface area contributed by atoms with Crippen molar-refractivity contribution in [3.8, 4) is 0 Å². The van der Waals surface area contributed by atoms with Crippen LogP contribution in [0, 0.1) is 64.1 Å². The van der Waals surface area contributed by atoms with Gasteiger partial charge in [-0.3, -0.25) is 4.79 Å². The van der Waals surface area contributed by atoms with Crippen LogP contribution in [-0.2, 0) is 9.53 Å². The molecule has 1 saturated heterocycles. The number of allylic oxidation sites excluding steroid dienone is 5. The summed E-state index contributed by atoms with van der Waals surface area (Å²) in [5.74, 6) is -1.82. The average molecular weight is 904 g/mol. The van der Waals surface area contributed by atoms with Crippen LogP contribution in [0.4, 0.5) is 0 Å². The molecule has 10 rings (SSSR count). The summed E-state index contributed by atoms with van der Waals surface area (Å²) in [7, 11) is 0. The Morgan fingerprint density at radius 3 is 2.43 bits per heavy atom. The highest BCUT2D eigenvalue weighted by Crippen LogP contribution is 2.76. The lowest BCUT2D eigenvalue weighted by atomic mass is 9.39. The number of nitrogens with two attached hydrogens (primary N) is 1. The van der Waals surface area contributed by atoms with Gasteiger partial charge in [0.1, 0.15) is 5.60 Å². The number of Topliss-reactive ketones (excluding diaryl/α,β-unsaturated/α-hetero) is 1. The third-order valence-corrected chi connectivity index (χ3v) is 20.5. The molecule has 0 amide bonds. The monoisotopic (exact) mass is 904 g/mol. The third kappa shape index (κ3) is 7.01. The van der Waals surface area contributed by atoms with Gasteiger partial charge in [0, 0.05) is 35.9 Å². The van der Waals surface area contributed by atoms with Crippen molar-refractivity contribution in [3.05, 3.63) is 47.3 Å². The zero-order valence-corrected chi connectivity index (χ0v) is 39.3. The molecule has 0 aromatic rings. The Morgan fingerprint density at radius 2 is 1.71 bits per heavy atom. The van der Waals surface area contributed by atoms with E-state index in [2.05, 4.69) is 29.7 Å². The number of rotatable bonds is 9. The van der Waals surface area contributed by atoms with Gasteiger partial charge in [0.15, 0.2) is 5.78 Å². The van der Waals surface area contributed by atoms with Crippen LogP contribution in [0.5, 0.6) is 0 Å². The van der Waals surface area contributed by atoms with Crippen molar-refractivity contribution in [1.29, 1.82) is 0 Å². The molecule has 8 aliphatic carbocycles. The average Bonchev–Trinajstić information content (AvgIpc) is 3.93. The number of ether oxygens (including phenoxy) is 1. The molecule has 1 spiro atoms. The van der Waals surface area contributed by atoms with Gasteiger partial charge in [-0.15, -0.1) is 0 Å². The quantitative estimate of drug-likeness (QED) is 0.142. The van der Waals surface area contributed by atoms with E-state index in [0.717, 1.165) is 63.4 Å². The maximum absolute atomic E-state index is 15.6. The number of nitrogens with one attached hydrogen (secondary N) is 2. The van der Waals surface area contributed by atoms with Gasteiger partial charge in [-0.1, -0.05) is 57.3 Å². The normalized spacial score (nSPS) is 49.8. The zero-order valence-electron chi connectivity index (χ0n) is 39.3. The minimum atomic E-state index is -1.76. The molecule has 0 aromatic heterocycles. The first-order valence-corrected chi connectivity index (χ1v) is 26.2. The third-order valence-electron chi connectivity index (χ3n) is 20.5. The topological polar surface area (TPSA) is 218 Å². The minimum Gasteiger partial charge on any atom is -0.393 e. The summed E-state index contributed by atoms with van der Waals surface area (Å²) >= 11 is 0. The number of carbonyl (C=O) groups excluding carboxylic acids is 1. The van der Waals surface area contributed by atoms with Crippen LogP contribution in [0.2, 0.25) is 0 Å². The fraction of sp³-hybridized carbons (Fsp3) is 0.830. The summed E-state index contributed by atoms with van der Waals surface area (Å²) in [6.07, 6.45) is 19.0. The van der Waals surface area contributed by atoms with E-state index >= 15 is 4.79 Å². The number of hydrogen-bond donors (Lipinski definition) is 10. The smallest absolute Gasteiger partial charge is 0.182 e. The summed E-state index contributed by atoms with van der Waals surface area (Å²) in [4.78, 5) is 15.6. The van der Waals surface area contributed by atoms with Crippen molar-refractivity contribution in [2.24, 2.45) is 69.8 Å². The van der Waals surface area contributed by atoms with Crippen LogP contribution < -0.4 is 16.4 Å². The Morgan fingerprint density at radius 1 is 0.938 bits per heavy atom. The van der Waals surface area contributed by atoms with Crippen LogP contribution in [-0.4, -0.2) is 108 Å². The predicted molar refractivity (Wildman–Crippen MR) is 246 cm³/mol. The molecule has 0 bridgehead atoms. The summed E-state index contributed by atoms with van der Waals surface area (Å²) < 4.78 is 7.11. The summed E-state index contributed by atoms with van der Waals surface area (Å²) in [6.45, 7) is 5.82. The molecule has 1 unspecified atom stereocenters. The van der Waals surface area contributed by atoms with Gasteiger partial charge >= 0.3 is 0 Å². The van der Waals surface area contributed by atoms with Gasteiger partial charge in [-0.05, 0) is 162 Å². The second kappa shape index (κ2) is 17.1.